The number of rotatable bonds is 5. The van der Waals surface area contributed by atoms with Gasteiger partial charge in [-0.1, -0.05) is 13.0 Å². The molecule has 102 valence electrons. The van der Waals surface area contributed by atoms with Crippen LogP contribution in [0.5, 0.6) is 0 Å². The fraction of sp³-hybridized carbons (Fsp3) is 0.286. The number of hydrogen-bond acceptors (Lipinski definition) is 2. The average Bonchev–Trinajstić information content (AvgIpc) is 2.78. The molecule has 0 aliphatic heterocycles. The van der Waals surface area contributed by atoms with Crippen molar-refractivity contribution >= 4 is 27.3 Å². The van der Waals surface area contributed by atoms with Gasteiger partial charge in [-0.25, -0.2) is 8.78 Å². The van der Waals surface area contributed by atoms with Gasteiger partial charge in [0.1, 0.15) is 11.6 Å². The molecule has 0 saturated heterocycles. The van der Waals surface area contributed by atoms with E-state index in [2.05, 4.69) is 28.2 Å². The smallest absolute Gasteiger partial charge is 0.131 e. The molecule has 1 atom stereocenters. The maximum atomic E-state index is 13.9. The molecular weight excluding hydrogens is 332 g/mol. The van der Waals surface area contributed by atoms with Crippen LogP contribution in [0.1, 0.15) is 29.8 Å². The summed E-state index contributed by atoms with van der Waals surface area (Å²) in [4.78, 5) is 1.01. The van der Waals surface area contributed by atoms with Gasteiger partial charge in [0.05, 0.1) is 9.83 Å². The third kappa shape index (κ3) is 3.61. The molecule has 1 aromatic carbocycles. The van der Waals surface area contributed by atoms with Crippen molar-refractivity contribution in [1.82, 2.24) is 5.32 Å². The number of thiophene rings is 1. The van der Waals surface area contributed by atoms with Crippen molar-refractivity contribution in [2.45, 2.75) is 19.4 Å². The van der Waals surface area contributed by atoms with Crippen molar-refractivity contribution in [3.63, 3.8) is 0 Å². The highest BCUT2D eigenvalue weighted by Gasteiger charge is 2.19. The summed E-state index contributed by atoms with van der Waals surface area (Å²) in [5, 5.41) is 3.30. The summed E-state index contributed by atoms with van der Waals surface area (Å²) < 4.78 is 27.9. The van der Waals surface area contributed by atoms with Crippen LogP contribution in [-0.2, 0) is 0 Å². The number of benzene rings is 1. The van der Waals surface area contributed by atoms with E-state index in [-0.39, 0.29) is 6.04 Å². The predicted octanol–water partition coefficient (Wildman–Crippen LogP) is 4.88. The third-order valence-corrected chi connectivity index (χ3v) is 4.44. The van der Waals surface area contributed by atoms with Gasteiger partial charge in [0.15, 0.2) is 0 Å². The summed E-state index contributed by atoms with van der Waals surface area (Å²) in [6.45, 7) is 2.83. The van der Waals surface area contributed by atoms with Gasteiger partial charge >= 0.3 is 0 Å². The minimum absolute atomic E-state index is 0.239. The molecule has 0 spiro atoms. The zero-order chi connectivity index (χ0) is 13.8. The van der Waals surface area contributed by atoms with E-state index in [1.165, 1.54) is 12.1 Å². The summed E-state index contributed by atoms with van der Waals surface area (Å²) in [6, 6.07) is 7.37. The summed E-state index contributed by atoms with van der Waals surface area (Å²) in [7, 11) is 0. The third-order valence-electron chi connectivity index (χ3n) is 2.75. The average molecular weight is 346 g/mol. The fourth-order valence-corrected chi connectivity index (χ4v) is 3.39. The molecule has 1 heterocycles. The highest BCUT2D eigenvalue weighted by molar-refractivity contribution is 9.11. The lowest BCUT2D eigenvalue weighted by molar-refractivity contribution is 0.536. The van der Waals surface area contributed by atoms with Crippen LogP contribution in [0.3, 0.4) is 0 Å². The molecular formula is C14H14BrF2NS. The van der Waals surface area contributed by atoms with Crippen LogP contribution in [-0.4, -0.2) is 6.54 Å². The van der Waals surface area contributed by atoms with E-state index in [4.69, 9.17) is 0 Å². The van der Waals surface area contributed by atoms with E-state index in [9.17, 15) is 8.78 Å². The van der Waals surface area contributed by atoms with Gasteiger partial charge in [-0.3, -0.25) is 0 Å². The van der Waals surface area contributed by atoms with E-state index in [0.717, 1.165) is 27.7 Å². The summed E-state index contributed by atoms with van der Waals surface area (Å²) in [5.74, 6) is -1.07. The largest absolute Gasteiger partial charge is 0.306 e. The van der Waals surface area contributed by atoms with Gasteiger partial charge < -0.3 is 5.32 Å². The number of hydrogen-bond donors (Lipinski definition) is 1. The predicted molar refractivity (Wildman–Crippen MR) is 78.5 cm³/mol. The fourth-order valence-electron chi connectivity index (χ4n) is 1.87. The van der Waals surface area contributed by atoms with E-state index in [1.54, 1.807) is 11.3 Å². The van der Waals surface area contributed by atoms with E-state index in [0.29, 0.717) is 5.56 Å². The summed E-state index contributed by atoms with van der Waals surface area (Å²) in [5.41, 5.74) is 0.476. The van der Waals surface area contributed by atoms with Crippen LogP contribution in [0.15, 0.2) is 34.1 Å². The van der Waals surface area contributed by atoms with Crippen LogP contribution in [0.2, 0.25) is 0 Å². The molecule has 1 aromatic heterocycles. The summed E-state index contributed by atoms with van der Waals surface area (Å²) >= 11 is 4.96. The second kappa shape index (κ2) is 6.59. The molecule has 19 heavy (non-hydrogen) atoms. The van der Waals surface area contributed by atoms with Crippen LogP contribution in [0, 0.1) is 11.6 Å². The molecule has 0 aliphatic carbocycles. The first-order chi connectivity index (χ1) is 9.11. The Balaban J connectivity index is 2.36. The Hall–Kier alpha value is -0.780. The van der Waals surface area contributed by atoms with Crippen LogP contribution >= 0.6 is 27.3 Å². The van der Waals surface area contributed by atoms with E-state index >= 15 is 0 Å². The lowest BCUT2D eigenvalue weighted by Crippen LogP contribution is -2.23. The van der Waals surface area contributed by atoms with E-state index < -0.39 is 11.6 Å². The Kier molecular flexibility index (Phi) is 5.07. The van der Waals surface area contributed by atoms with Crippen LogP contribution < -0.4 is 5.32 Å². The molecule has 2 rings (SSSR count). The monoisotopic (exact) mass is 345 g/mol. The van der Waals surface area contributed by atoms with Crippen molar-refractivity contribution in [3.8, 4) is 0 Å². The van der Waals surface area contributed by atoms with E-state index in [1.807, 2.05) is 12.1 Å². The van der Waals surface area contributed by atoms with Crippen LogP contribution in [0.25, 0.3) is 0 Å². The normalized spacial score (nSPS) is 12.6. The highest BCUT2D eigenvalue weighted by Crippen LogP contribution is 2.32. The van der Waals surface area contributed by atoms with Crippen LogP contribution in [0.4, 0.5) is 8.78 Å². The molecule has 0 radical (unpaired) electrons. The molecule has 1 unspecified atom stereocenters. The molecule has 1 nitrogen and oxygen atoms in total. The zero-order valence-electron chi connectivity index (χ0n) is 10.4. The summed E-state index contributed by atoms with van der Waals surface area (Å²) in [6.07, 6.45) is 0.950. The molecule has 0 saturated carbocycles. The number of halogens is 3. The maximum Gasteiger partial charge on any atom is 0.131 e. The van der Waals surface area contributed by atoms with Crippen molar-refractivity contribution < 1.29 is 8.78 Å². The van der Waals surface area contributed by atoms with Gasteiger partial charge in [0, 0.05) is 16.5 Å². The first kappa shape index (κ1) is 14.6. The Morgan fingerprint density at radius 1 is 1.26 bits per heavy atom. The topological polar surface area (TPSA) is 12.0 Å². The van der Waals surface area contributed by atoms with Gasteiger partial charge in [-0.2, -0.15) is 0 Å². The quantitative estimate of drug-likeness (QED) is 0.814. The minimum atomic E-state index is -0.553. The Morgan fingerprint density at radius 3 is 2.63 bits per heavy atom. The second-order valence-electron chi connectivity index (χ2n) is 4.19. The Bertz CT molecular complexity index is 556. The Labute approximate surface area is 123 Å². The minimum Gasteiger partial charge on any atom is -0.306 e. The molecule has 0 bridgehead atoms. The number of nitrogens with one attached hydrogen (secondary N) is 1. The lowest BCUT2D eigenvalue weighted by atomic mass is 10.0. The zero-order valence-corrected chi connectivity index (χ0v) is 12.8. The molecule has 2 aromatic rings. The van der Waals surface area contributed by atoms with Gasteiger partial charge in [-0.05, 0) is 47.1 Å². The maximum absolute atomic E-state index is 13.9. The van der Waals surface area contributed by atoms with Crippen molar-refractivity contribution in [1.29, 1.82) is 0 Å². The van der Waals surface area contributed by atoms with Gasteiger partial charge in [0.25, 0.3) is 0 Å². The molecule has 1 N–H and O–H groups in total. The molecule has 0 amide bonds. The standard InChI is InChI=1S/C14H14BrF2NS/c1-2-7-18-14(12-5-6-13(15)19-12)10-4-3-9(16)8-11(10)17/h3-6,8,14,18H,2,7H2,1H3. The SMILES string of the molecule is CCCNC(c1ccc(Br)s1)c1ccc(F)cc1F. The molecule has 0 aliphatic rings. The second-order valence-corrected chi connectivity index (χ2v) is 6.69. The Morgan fingerprint density at radius 2 is 2.05 bits per heavy atom. The first-order valence-electron chi connectivity index (χ1n) is 6.05. The van der Waals surface area contributed by atoms with Gasteiger partial charge in [-0.15, -0.1) is 11.3 Å². The van der Waals surface area contributed by atoms with Crippen molar-refractivity contribution in [3.05, 3.63) is 56.2 Å². The first-order valence-corrected chi connectivity index (χ1v) is 7.66. The van der Waals surface area contributed by atoms with Crippen molar-refractivity contribution in [2.75, 3.05) is 6.54 Å². The van der Waals surface area contributed by atoms with Gasteiger partial charge in [0.2, 0.25) is 0 Å². The molecule has 0 fully saturated rings. The molecule has 5 heteroatoms. The van der Waals surface area contributed by atoms with Crippen molar-refractivity contribution in [2.24, 2.45) is 0 Å². The highest BCUT2D eigenvalue weighted by atomic mass is 79.9. The lowest BCUT2D eigenvalue weighted by Gasteiger charge is -2.18.